The van der Waals surface area contributed by atoms with Gasteiger partial charge in [0.25, 0.3) is 0 Å². The Morgan fingerprint density at radius 2 is 1.97 bits per heavy atom. The van der Waals surface area contributed by atoms with Crippen molar-refractivity contribution in [3.05, 3.63) is 17.1 Å². The molecule has 3 aliphatic rings. The van der Waals surface area contributed by atoms with Crippen LogP contribution in [0.4, 0.5) is 5.82 Å². The summed E-state index contributed by atoms with van der Waals surface area (Å²) in [6.07, 6.45) is 8.00. The average Bonchev–Trinajstić information content (AvgIpc) is 2.78. The van der Waals surface area contributed by atoms with Crippen molar-refractivity contribution in [2.24, 2.45) is 5.92 Å². The van der Waals surface area contributed by atoms with E-state index in [0.717, 1.165) is 95.1 Å². The van der Waals surface area contributed by atoms with Crippen LogP contribution >= 0.6 is 0 Å². The molecular formula is C23H36N4O3. The van der Waals surface area contributed by atoms with Crippen molar-refractivity contribution in [1.29, 1.82) is 0 Å². The predicted molar refractivity (Wildman–Crippen MR) is 116 cm³/mol. The Bertz CT molecular complexity index is 735. The molecule has 1 aromatic rings. The quantitative estimate of drug-likeness (QED) is 0.710. The van der Waals surface area contributed by atoms with E-state index in [0.29, 0.717) is 18.9 Å². The highest BCUT2D eigenvalue weighted by molar-refractivity contribution is 5.76. The molecule has 0 bridgehead atoms. The lowest BCUT2D eigenvalue weighted by Gasteiger charge is -2.38. The molecule has 0 unspecified atom stereocenters. The van der Waals surface area contributed by atoms with Gasteiger partial charge in [-0.25, -0.2) is 9.97 Å². The molecule has 7 nitrogen and oxygen atoms in total. The number of anilines is 1. The number of carbonyl (C=O) groups excluding carboxylic acids is 1. The van der Waals surface area contributed by atoms with Crippen LogP contribution in [0.5, 0.6) is 0 Å². The molecule has 1 amide bonds. The second-order valence-corrected chi connectivity index (χ2v) is 8.92. The standard InChI is InChI=1S/C23H36N4O3/c1-17-19-6-5-11-26(16-18-8-14-30-15-9-18)23(19)25-22(24-17)20-7-3-4-12-27(20)21(28)10-13-29-2/h18,20H,3-16H2,1-2H3/t20-/m1/s1. The molecule has 3 aliphatic heterocycles. The number of piperidine rings is 1. The zero-order chi connectivity index (χ0) is 20.9. The summed E-state index contributed by atoms with van der Waals surface area (Å²) in [7, 11) is 1.64. The number of rotatable bonds is 6. The fourth-order valence-electron chi connectivity index (χ4n) is 5.11. The lowest BCUT2D eigenvalue weighted by atomic mass is 9.96. The first-order chi connectivity index (χ1) is 14.7. The van der Waals surface area contributed by atoms with Crippen molar-refractivity contribution in [1.82, 2.24) is 14.9 Å². The smallest absolute Gasteiger partial charge is 0.225 e. The van der Waals surface area contributed by atoms with Gasteiger partial charge in [-0.15, -0.1) is 0 Å². The Kier molecular flexibility index (Phi) is 7.20. The first kappa shape index (κ1) is 21.5. The molecule has 166 valence electrons. The van der Waals surface area contributed by atoms with Gasteiger partial charge in [0.15, 0.2) is 5.82 Å². The molecule has 2 fully saturated rings. The van der Waals surface area contributed by atoms with E-state index in [9.17, 15) is 4.79 Å². The Balaban J connectivity index is 1.58. The summed E-state index contributed by atoms with van der Waals surface area (Å²) in [5.41, 5.74) is 2.38. The third-order valence-corrected chi connectivity index (χ3v) is 6.82. The molecule has 4 heterocycles. The summed E-state index contributed by atoms with van der Waals surface area (Å²) >= 11 is 0. The van der Waals surface area contributed by atoms with Gasteiger partial charge in [0, 0.05) is 51.2 Å². The van der Waals surface area contributed by atoms with Crippen molar-refractivity contribution in [3.63, 3.8) is 0 Å². The molecule has 2 saturated heterocycles. The zero-order valence-electron chi connectivity index (χ0n) is 18.6. The highest BCUT2D eigenvalue weighted by Crippen LogP contribution is 2.34. The number of amides is 1. The maximum absolute atomic E-state index is 12.8. The van der Waals surface area contributed by atoms with E-state index >= 15 is 0 Å². The maximum atomic E-state index is 12.8. The fourth-order valence-corrected chi connectivity index (χ4v) is 5.11. The number of carbonyl (C=O) groups is 1. The minimum Gasteiger partial charge on any atom is -0.384 e. The van der Waals surface area contributed by atoms with Crippen molar-refractivity contribution in [2.45, 2.75) is 64.3 Å². The van der Waals surface area contributed by atoms with Crippen LogP contribution in [0.25, 0.3) is 0 Å². The van der Waals surface area contributed by atoms with E-state index in [1.807, 2.05) is 4.90 Å². The lowest BCUT2D eigenvalue weighted by molar-refractivity contribution is -0.136. The topological polar surface area (TPSA) is 67.8 Å². The van der Waals surface area contributed by atoms with Gasteiger partial charge < -0.3 is 19.3 Å². The number of hydrogen-bond donors (Lipinski definition) is 0. The van der Waals surface area contributed by atoms with Crippen LogP contribution in [0.2, 0.25) is 0 Å². The molecule has 0 radical (unpaired) electrons. The summed E-state index contributed by atoms with van der Waals surface area (Å²) in [5.74, 6) is 2.77. The molecule has 0 aliphatic carbocycles. The highest BCUT2D eigenvalue weighted by atomic mass is 16.5. The van der Waals surface area contributed by atoms with Gasteiger partial charge in [-0.05, 0) is 57.8 Å². The summed E-state index contributed by atoms with van der Waals surface area (Å²) in [4.78, 5) is 27.3. The third-order valence-electron chi connectivity index (χ3n) is 6.82. The summed E-state index contributed by atoms with van der Waals surface area (Å²) < 4.78 is 10.7. The minimum atomic E-state index is -0.0148. The van der Waals surface area contributed by atoms with E-state index in [2.05, 4.69) is 11.8 Å². The van der Waals surface area contributed by atoms with E-state index in [4.69, 9.17) is 19.4 Å². The first-order valence-corrected chi connectivity index (χ1v) is 11.7. The SMILES string of the molecule is COCCC(=O)N1CCCC[C@@H]1c1nc(C)c2c(n1)N(CC1CCOCC1)CCC2. The van der Waals surface area contributed by atoms with E-state index < -0.39 is 0 Å². The Labute approximate surface area is 180 Å². The van der Waals surface area contributed by atoms with Crippen LogP contribution in [0.15, 0.2) is 0 Å². The van der Waals surface area contributed by atoms with Gasteiger partial charge in [0.1, 0.15) is 5.82 Å². The molecule has 0 spiro atoms. The van der Waals surface area contributed by atoms with Crippen LogP contribution in [0.3, 0.4) is 0 Å². The first-order valence-electron chi connectivity index (χ1n) is 11.7. The number of fused-ring (bicyclic) bond motifs is 1. The van der Waals surface area contributed by atoms with Gasteiger partial charge in [0.2, 0.25) is 5.91 Å². The predicted octanol–water partition coefficient (Wildman–Crippen LogP) is 3.05. The molecule has 30 heavy (non-hydrogen) atoms. The normalized spacial score (nSPS) is 22.8. The number of methoxy groups -OCH3 is 1. The summed E-state index contributed by atoms with van der Waals surface area (Å²) in [5, 5.41) is 0. The van der Waals surface area contributed by atoms with Gasteiger partial charge in [-0.3, -0.25) is 4.79 Å². The lowest BCUT2D eigenvalue weighted by Crippen LogP contribution is -2.41. The minimum absolute atomic E-state index is 0.0148. The largest absolute Gasteiger partial charge is 0.384 e. The maximum Gasteiger partial charge on any atom is 0.225 e. The monoisotopic (exact) mass is 416 g/mol. The van der Waals surface area contributed by atoms with Crippen molar-refractivity contribution < 1.29 is 14.3 Å². The van der Waals surface area contributed by atoms with Gasteiger partial charge in [-0.2, -0.15) is 0 Å². The fraction of sp³-hybridized carbons (Fsp3) is 0.783. The van der Waals surface area contributed by atoms with Crippen LogP contribution < -0.4 is 4.90 Å². The Morgan fingerprint density at radius 1 is 1.13 bits per heavy atom. The molecule has 0 aromatic carbocycles. The molecule has 0 saturated carbocycles. The van der Waals surface area contributed by atoms with Gasteiger partial charge >= 0.3 is 0 Å². The van der Waals surface area contributed by atoms with E-state index in [-0.39, 0.29) is 11.9 Å². The van der Waals surface area contributed by atoms with E-state index in [1.54, 1.807) is 7.11 Å². The molecule has 1 aromatic heterocycles. The molecule has 7 heteroatoms. The molecular weight excluding hydrogens is 380 g/mol. The van der Waals surface area contributed by atoms with Crippen molar-refractivity contribution in [2.75, 3.05) is 51.5 Å². The number of aromatic nitrogens is 2. The molecule has 4 rings (SSSR count). The van der Waals surface area contributed by atoms with Crippen molar-refractivity contribution in [3.8, 4) is 0 Å². The number of ether oxygens (including phenoxy) is 2. The average molecular weight is 417 g/mol. The second-order valence-electron chi connectivity index (χ2n) is 8.92. The third kappa shape index (κ3) is 4.78. The Hall–Kier alpha value is -1.73. The van der Waals surface area contributed by atoms with Gasteiger partial charge in [0.05, 0.1) is 19.1 Å². The highest BCUT2D eigenvalue weighted by Gasteiger charge is 2.32. The van der Waals surface area contributed by atoms with Crippen LogP contribution in [-0.4, -0.2) is 67.3 Å². The number of likely N-dealkylation sites (tertiary alicyclic amines) is 1. The second kappa shape index (κ2) is 10.1. The molecule has 0 N–H and O–H groups in total. The van der Waals surface area contributed by atoms with Crippen LogP contribution in [0.1, 0.15) is 68.1 Å². The number of nitrogens with zero attached hydrogens (tertiary/aromatic N) is 4. The zero-order valence-corrected chi connectivity index (χ0v) is 18.6. The Morgan fingerprint density at radius 3 is 2.77 bits per heavy atom. The van der Waals surface area contributed by atoms with Gasteiger partial charge in [-0.1, -0.05) is 0 Å². The number of aryl methyl sites for hydroxylation is 1. The van der Waals surface area contributed by atoms with Crippen LogP contribution in [0, 0.1) is 12.8 Å². The number of hydrogen-bond acceptors (Lipinski definition) is 6. The van der Waals surface area contributed by atoms with E-state index in [1.165, 1.54) is 5.56 Å². The molecule has 1 atom stereocenters. The van der Waals surface area contributed by atoms with Crippen LogP contribution in [-0.2, 0) is 20.7 Å². The summed E-state index contributed by atoms with van der Waals surface area (Å²) in [6, 6.07) is -0.0148. The summed E-state index contributed by atoms with van der Waals surface area (Å²) in [6.45, 7) is 7.22. The van der Waals surface area contributed by atoms with Crippen molar-refractivity contribution >= 4 is 11.7 Å².